The van der Waals surface area contributed by atoms with E-state index >= 15 is 0 Å². The standard InChI is InChI=1S/C29H34ClN3O4S/c1-4-27(29(35)31-22(2)3)32(19-18-23-12-7-5-8-13-23)28(34)21-33(25-15-11-14-24(30)20-25)38(36,37)26-16-9-6-10-17-26/h5-17,20,22,27H,4,18-19,21H2,1-3H3,(H,31,35). The van der Waals surface area contributed by atoms with Gasteiger partial charge in [0.05, 0.1) is 10.6 Å². The van der Waals surface area contributed by atoms with Crippen LogP contribution in [0.3, 0.4) is 0 Å². The van der Waals surface area contributed by atoms with Crippen LogP contribution in [0.4, 0.5) is 5.69 Å². The molecule has 0 fully saturated rings. The minimum atomic E-state index is -4.11. The van der Waals surface area contributed by atoms with E-state index in [0.717, 1.165) is 9.87 Å². The summed E-state index contributed by atoms with van der Waals surface area (Å²) in [4.78, 5) is 28.6. The Labute approximate surface area is 230 Å². The maximum absolute atomic E-state index is 13.9. The SMILES string of the molecule is CCC(C(=O)NC(C)C)N(CCc1ccccc1)C(=O)CN(c1cccc(Cl)c1)S(=O)(=O)c1ccccc1. The number of halogens is 1. The summed E-state index contributed by atoms with van der Waals surface area (Å²) in [6.45, 7) is 5.31. The summed E-state index contributed by atoms with van der Waals surface area (Å²) in [6.07, 6.45) is 0.891. The third-order valence-corrected chi connectivity index (χ3v) is 8.03. The Bertz CT molecular complexity index is 1320. The quantitative estimate of drug-likeness (QED) is 0.344. The van der Waals surface area contributed by atoms with Crippen molar-refractivity contribution in [1.82, 2.24) is 10.2 Å². The van der Waals surface area contributed by atoms with Crippen molar-refractivity contribution in [2.75, 3.05) is 17.4 Å². The van der Waals surface area contributed by atoms with Gasteiger partial charge in [-0.15, -0.1) is 0 Å². The largest absolute Gasteiger partial charge is 0.352 e. The number of hydrogen-bond donors (Lipinski definition) is 1. The zero-order valence-corrected chi connectivity index (χ0v) is 23.5. The number of hydrogen-bond acceptors (Lipinski definition) is 4. The number of carbonyl (C=O) groups is 2. The van der Waals surface area contributed by atoms with Crippen LogP contribution in [0.25, 0.3) is 0 Å². The molecular formula is C29H34ClN3O4S. The maximum Gasteiger partial charge on any atom is 0.264 e. The number of carbonyl (C=O) groups excluding carboxylic acids is 2. The number of anilines is 1. The first-order valence-corrected chi connectivity index (χ1v) is 14.4. The lowest BCUT2D eigenvalue weighted by atomic mass is 10.1. The van der Waals surface area contributed by atoms with Gasteiger partial charge in [-0.3, -0.25) is 13.9 Å². The second kappa shape index (κ2) is 13.4. The molecule has 0 saturated heterocycles. The first-order valence-electron chi connectivity index (χ1n) is 12.6. The van der Waals surface area contributed by atoms with Crippen molar-refractivity contribution in [3.63, 3.8) is 0 Å². The average Bonchev–Trinajstić information content (AvgIpc) is 2.90. The summed E-state index contributed by atoms with van der Waals surface area (Å²) in [7, 11) is -4.11. The Morgan fingerprint density at radius 2 is 1.55 bits per heavy atom. The Hall–Kier alpha value is -3.36. The predicted molar refractivity (Wildman–Crippen MR) is 152 cm³/mol. The van der Waals surface area contributed by atoms with Gasteiger partial charge in [-0.1, -0.05) is 73.1 Å². The Kier molecular flexibility index (Phi) is 10.3. The fourth-order valence-corrected chi connectivity index (χ4v) is 5.77. The summed E-state index contributed by atoms with van der Waals surface area (Å²) in [6, 6.07) is 23.1. The molecule has 3 aromatic carbocycles. The lowest BCUT2D eigenvalue weighted by molar-refractivity contribution is -0.139. The monoisotopic (exact) mass is 555 g/mol. The molecule has 0 aliphatic heterocycles. The third kappa shape index (κ3) is 7.58. The van der Waals surface area contributed by atoms with Gasteiger partial charge < -0.3 is 10.2 Å². The molecule has 0 aliphatic rings. The number of rotatable bonds is 12. The molecule has 1 atom stereocenters. The fraction of sp³-hybridized carbons (Fsp3) is 0.310. The molecule has 0 radical (unpaired) electrons. The fourth-order valence-electron chi connectivity index (χ4n) is 4.16. The highest BCUT2D eigenvalue weighted by Crippen LogP contribution is 2.26. The zero-order valence-electron chi connectivity index (χ0n) is 21.9. The molecule has 0 spiro atoms. The van der Waals surface area contributed by atoms with Crippen LogP contribution in [-0.2, 0) is 26.0 Å². The highest BCUT2D eigenvalue weighted by molar-refractivity contribution is 7.92. The van der Waals surface area contributed by atoms with Crippen molar-refractivity contribution in [1.29, 1.82) is 0 Å². The van der Waals surface area contributed by atoms with Gasteiger partial charge in [-0.25, -0.2) is 8.42 Å². The van der Waals surface area contributed by atoms with E-state index in [1.54, 1.807) is 36.4 Å². The molecule has 7 nitrogen and oxygen atoms in total. The second-order valence-corrected chi connectivity index (χ2v) is 11.5. The molecule has 0 aliphatic carbocycles. The summed E-state index contributed by atoms with van der Waals surface area (Å²) in [5.41, 5.74) is 1.27. The molecule has 0 bridgehead atoms. The van der Waals surface area contributed by atoms with Crippen molar-refractivity contribution in [2.45, 2.75) is 50.6 Å². The van der Waals surface area contributed by atoms with Gasteiger partial charge in [0.2, 0.25) is 11.8 Å². The van der Waals surface area contributed by atoms with E-state index < -0.39 is 28.5 Å². The van der Waals surface area contributed by atoms with E-state index in [4.69, 9.17) is 11.6 Å². The second-order valence-electron chi connectivity index (χ2n) is 9.21. The average molecular weight is 556 g/mol. The lowest BCUT2D eigenvalue weighted by Gasteiger charge is -2.33. The molecule has 38 heavy (non-hydrogen) atoms. The van der Waals surface area contributed by atoms with Gasteiger partial charge in [0.1, 0.15) is 12.6 Å². The van der Waals surface area contributed by atoms with E-state index in [1.165, 1.54) is 23.1 Å². The Morgan fingerprint density at radius 3 is 2.13 bits per heavy atom. The summed E-state index contributed by atoms with van der Waals surface area (Å²) in [5, 5.41) is 3.23. The third-order valence-electron chi connectivity index (χ3n) is 6.01. The minimum Gasteiger partial charge on any atom is -0.352 e. The summed E-state index contributed by atoms with van der Waals surface area (Å²) >= 11 is 6.19. The normalized spacial score (nSPS) is 12.1. The van der Waals surface area contributed by atoms with Gasteiger partial charge in [-0.2, -0.15) is 0 Å². The predicted octanol–water partition coefficient (Wildman–Crippen LogP) is 4.91. The lowest BCUT2D eigenvalue weighted by Crippen LogP contribution is -2.54. The Balaban J connectivity index is 2.00. The molecular weight excluding hydrogens is 522 g/mol. The van der Waals surface area contributed by atoms with E-state index in [0.29, 0.717) is 17.9 Å². The van der Waals surface area contributed by atoms with Crippen molar-refractivity contribution < 1.29 is 18.0 Å². The van der Waals surface area contributed by atoms with E-state index in [9.17, 15) is 18.0 Å². The smallest absolute Gasteiger partial charge is 0.264 e. The molecule has 1 unspecified atom stereocenters. The highest BCUT2D eigenvalue weighted by atomic mass is 35.5. The number of nitrogens with zero attached hydrogens (tertiary/aromatic N) is 2. The van der Waals surface area contributed by atoms with Crippen LogP contribution in [0, 0.1) is 0 Å². The van der Waals surface area contributed by atoms with Crippen LogP contribution in [0.1, 0.15) is 32.8 Å². The molecule has 3 rings (SSSR count). The van der Waals surface area contributed by atoms with Crippen LogP contribution in [0.5, 0.6) is 0 Å². The van der Waals surface area contributed by atoms with Gasteiger partial charge >= 0.3 is 0 Å². The van der Waals surface area contributed by atoms with Crippen LogP contribution in [0.15, 0.2) is 89.8 Å². The Morgan fingerprint density at radius 1 is 0.921 bits per heavy atom. The van der Waals surface area contributed by atoms with Gasteiger partial charge in [0.15, 0.2) is 0 Å². The van der Waals surface area contributed by atoms with Crippen LogP contribution in [0.2, 0.25) is 5.02 Å². The molecule has 9 heteroatoms. The number of amides is 2. The van der Waals surface area contributed by atoms with E-state index in [-0.39, 0.29) is 29.1 Å². The summed E-state index contributed by atoms with van der Waals surface area (Å²) in [5.74, 6) is -0.754. The first kappa shape index (κ1) is 29.2. The van der Waals surface area contributed by atoms with Crippen LogP contribution >= 0.6 is 11.6 Å². The van der Waals surface area contributed by atoms with E-state index in [1.807, 2.05) is 51.1 Å². The number of nitrogens with one attached hydrogen (secondary N) is 1. The molecule has 1 N–H and O–H groups in total. The zero-order chi connectivity index (χ0) is 27.7. The molecule has 0 saturated carbocycles. The van der Waals surface area contributed by atoms with Crippen molar-refractivity contribution in [3.05, 3.63) is 95.5 Å². The van der Waals surface area contributed by atoms with Gasteiger partial charge in [0.25, 0.3) is 10.0 Å². The van der Waals surface area contributed by atoms with Gasteiger partial charge in [0, 0.05) is 17.6 Å². The van der Waals surface area contributed by atoms with E-state index in [2.05, 4.69) is 5.32 Å². The molecule has 0 aromatic heterocycles. The topological polar surface area (TPSA) is 86.8 Å². The van der Waals surface area contributed by atoms with Gasteiger partial charge in [-0.05, 0) is 62.6 Å². The molecule has 0 heterocycles. The molecule has 202 valence electrons. The van der Waals surface area contributed by atoms with Crippen molar-refractivity contribution in [2.24, 2.45) is 0 Å². The van der Waals surface area contributed by atoms with Crippen molar-refractivity contribution in [3.8, 4) is 0 Å². The highest BCUT2D eigenvalue weighted by Gasteiger charge is 2.33. The van der Waals surface area contributed by atoms with Crippen LogP contribution < -0.4 is 9.62 Å². The number of benzene rings is 3. The van der Waals surface area contributed by atoms with Crippen LogP contribution in [-0.4, -0.2) is 50.3 Å². The maximum atomic E-state index is 13.9. The molecule has 2 amide bonds. The first-order chi connectivity index (χ1) is 18.1. The van der Waals surface area contributed by atoms with Crippen molar-refractivity contribution >= 4 is 39.1 Å². The number of sulfonamides is 1. The minimum absolute atomic E-state index is 0.0493. The molecule has 3 aromatic rings. The summed E-state index contributed by atoms with van der Waals surface area (Å²) < 4.78 is 28.5.